The van der Waals surface area contributed by atoms with E-state index >= 15 is 0 Å². The van der Waals surface area contributed by atoms with Crippen molar-refractivity contribution >= 4 is 34.4 Å². The first-order chi connectivity index (χ1) is 17.3. The highest BCUT2D eigenvalue weighted by molar-refractivity contribution is 14.1. The highest BCUT2D eigenvalue weighted by Gasteiger charge is 2.40. The molecule has 2 aromatic rings. The Morgan fingerprint density at radius 3 is 2.69 bits per heavy atom. The quantitative estimate of drug-likeness (QED) is 0.340. The average molecular weight is 610 g/mol. The van der Waals surface area contributed by atoms with E-state index in [1.54, 1.807) is 29.2 Å². The highest BCUT2D eigenvalue weighted by Crippen LogP contribution is 2.30. The van der Waals surface area contributed by atoms with E-state index in [-0.39, 0.29) is 50.2 Å². The Kier molecular flexibility index (Phi) is 10.7. The Bertz CT molecular complexity index is 1080. The maximum atomic E-state index is 13.7. The van der Waals surface area contributed by atoms with E-state index in [0.29, 0.717) is 24.2 Å². The molecule has 9 heteroatoms. The van der Waals surface area contributed by atoms with Crippen LogP contribution in [-0.2, 0) is 16.0 Å². The fraction of sp³-hybridized carbons (Fsp3) is 0.407. The molecule has 3 atom stereocenters. The summed E-state index contributed by atoms with van der Waals surface area (Å²) in [6.45, 7) is 2.04. The number of carbonyl (C=O) groups is 2. The SMILES string of the molecule is CCCC(=O)N(CCc1cccc(F)c1)C1CC(C(=O)NCCO)=CC(Oc2ccccc2I)C1O. The van der Waals surface area contributed by atoms with Gasteiger partial charge in [-0.3, -0.25) is 9.59 Å². The van der Waals surface area contributed by atoms with Gasteiger partial charge in [-0.2, -0.15) is 0 Å². The molecule has 194 valence electrons. The van der Waals surface area contributed by atoms with E-state index in [1.807, 2.05) is 25.1 Å². The third-order valence-electron chi connectivity index (χ3n) is 6.03. The Labute approximate surface area is 224 Å². The monoisotopic (exact) mass is 610 g/mol. The van der Waals surface area contributed by atoms with Gasteiger partial charge in [-0.25, -0.2) is 4.39 Å². The zero-order valence-corrected chi connectivity index (χ0v) is 22.4. The third kappa shape index (κ3) is 7.50. The molecule has 0 radical (unpaired) electrons. The van der Waals surface area contributed by atoms with Crippen LogP contribution in [0.5, 0.6) is 5.75 Å². The Morgan fingerprint density at radius 2 is 2.00 bits per heavy atom. The van der Waals surface area contributed by atoms with Crippen LogP contribution < -0.4 is 10.1 Å². The van der Waals surface area contributed by atoms with E-state index in [4.69, 9.17) is 9.84 Å². The molecule has 7 nitrogen and oxygen atoms in total. The molecular formula is C27H32FIN2O5. The van der Waals surface area contributed by atoms with Crippen LogP contribution in [0.25, 0.3) is 0 Å². The second kappa shape index (κ2) is 13.7. The number of carbonyl (C=O) groups excluding carboxylic acids is 2. The van der Waals surface area contributed by atoms with Gasteiger partial charge in [-0.15, -0.1) is 0 Å². The van der Waals surface area contributed by atoms with Crippen LogP contribution >= 0.6 is 22.6 Å². The third-order valence-corrected chi connectivity index (χ3v) is 6.92. The van der Waals surface area contributed by atoms with Crippen LogP contribution in [0, 0.1) is 9.39 Å². The maximum absolute atomic E-state index is 13.7. The fourth-order valence-corrected chi connectivity index (χ4v) is 4.76. The van der Waals surface area contributed by atoms with Crippen molar-refractivity contribution in [3.05, 3.63) is 75.1 Å². The lowest BCUT2D eigenvalue weighted by Gasteiger charge is -2.40. The minimum atomic E-state index is -1.09. The number of para-hydroxylation sites is 1. The number of nitrogens with one attached hydrogen (secondary N) is 1. The van der Waals surface area contributed by atoms with Gasteiger partial charge in [0.15, 0.2) is 0 Å². The second-order valence-corrected chi connectivity index (χ2v) is 9.83. The number of hydrogen-bond acceptors (Lipinski definition) is 5. The van der Waals surface area contributed by atoms with Crippen LogP contribution in [-0.4, -0.2) is 64.9 Å². The number of rotatable bonds is 11. The zero-order chi connectivity index (χ0) is 26.1. The first-order valence-electron chi connectivity index (χ1n) is 12.1. The number of nitrogens with zero attached hydrogens (tertiary/aromatic N) is 1. The predicted molar refractivity (Wildman–Crippen MR) is 143 cm³/mol. The van der Waals surface area contributed by atoms with Gasteiger partial charge in [0.1, 0.15) is 23.8 Å². The predicted octanol–water partition coefficient (Wildman–Crippen LogP) is 3.22. The summed E-state index contributed by atoms with van der Waals surface area (Å²) >= 11 is 2.13. The van der Waals surface area contributed by atoms with Gasteiger partial charge in [0.2, 0.25) is 11.8 Å². The topological polar surface area (TPSA) is 99.1 Å². The summed E-state index contributed by atoms with van der Waals surface area (Å²) in [6.07, 6.45) is 1.05. The van der Waals surface area contributed by atoms with Crippen molar-refractivity contribution in [2.45, 2.75) is 50.9 Å². The summed E-state index contributed by atoms with van der Waals surface area (Å²) in [5, 5.41) is 23.2. The van der Waals surface area contributed by atoms with Crippen molar-refractivity contribution < 1.29 is 28.9 Å². The maximum Gasteiger partial charge on any atom is 0.247 e. The van der Waals surface area contributed by atoms with Crippen molar-refractivity contribution in [3.63, 3.8) is 0 Å². The minimum absolute atomic E-state index is 0.0869. The van der Waals surface area contributed by atoms with Crippen LogP contribution in [0.4, 0.5) is 4.39 Å². The van der Waals surface area contributed by atoms with Gasteiger partial charge in [0.05, 0.1) is 16.2 Å². The van der Waals surface area contributed by atoms with E-state index in [0.717, 1.165) is 9.13 Å². The van der Waals surface area contributed by atoms with Gasteiger partial charge in [0, 0.05) is 31.5 Å². The molecule has 2 amide bonds. The summed E-state index contributed by atoms with van der Waals surface area (Å²) < 4.78 is 20.7. The van der Waals surface area contributed by atoms with Crippen LogP contribution in [0.3, 0.4) is 0 Å². The standard InChI is InChI=1S/C27H32FIN2O5/c1-2-6-25(33)31(13-11-18-7-5-8-20(28)15-18)22-16-19(27(35)30-12-14-32)17-24(26(22)34)36-23-10-4-3-9-21(23)29/h3-5,7-10,15,17,22,24,26,32,34H,2,6,11-14,16H2,1H3,(H,30,35). The number of aliphatic hydroxyl groups excluding tert-OH is 2. The number of halogens is 2. The summed E-state index contributed by atoms with van der Waals surface area (Å²) in [4.78, 5) is 27.6. The zero-order valence-electron chi connectivity index (χ0n) is 20.2. The fourth-order valence-electron chi connectivity index (χ4n) is 4.24. The highest BCUT2D eigenvalue weighted by atomic mass is 127. The van der Waals surface area contributed by atoms with E-state index in [1.165, 1.54) is 12.1 Å². The molecule has 36 heavy (non-hydrogen) atoms. The van der Waals surface area contributed by atoms with E-state index in [2.05, 4.69) is 27.9 Å². The molecule has 3 N–H and O–H groups in total. The van der Waals surface area contributed by atoms with Gasteiger partial charge < -0.3 is 25.2 Å². The van der Waals surface area contributed by atoms with Crippen molar-refractivity contribution in [1.82, 2.24) is 10.2 Å². The number of aliphatic hydroxyl groups is 2. The minimum Gasteiger partial charge on any atom is -0.482 e. The van der Waals surface area contributed by atoms with Gasteiger partial charge in [-0.05, 0) is 71.3 Å². The van der Waals surface area contributed by atoms with Crippen LogP contribution in [0.2, 0.25) is 0 Å². The van der Waals surface area contributed by atoms with Crippen molar-refractivity contribution in [1.29, 1.82) is 0 Å². The van der Waals surface area contributed by atoms with E-state index in [9.17, 15) is 19.1 Å². The van der Waals surface area contributed by atoms with E-state index < -0.39 is 18.2 Å². The summed E-state index contributed by atoms with van der Waals surface area (Å²) in [5.41, 5.74) is 1.10. The molecule has 0 saturated carbocycles. The Morgan fingerprint density at radius 1 is 1.22 bits per heavy atom. The average Bonchev–Trinajstić information content (AvgIpc) is 2.86. The number of ether oxygens (including phenoxy) is 1. The molecule has 0 spiro atoms. The molecule has 1 aliphatic carbocycles. The van der Waals surface area contributed by atoms with Crippen molar-refractivity contribution in [2.75, 3.05) is 19.7 Å². The first-order valence-corrected chi connectivity index (χ1v) is 13.1. The van der Waals surface area contributed by atoms with Gasteiger partial charge >= 0.3 is 0 Å². The summed E-state index contributed by atoms with van der Waals surface area (Å²) in [7, 11) is 0. The smallest absolute Gasteiger partial charge is 0.247 e. The number of benzene rings is 2. The molecule has 0 saturated heterocycles. The van der Waals surface area contributed by atoms with Crippen LogP contribution in [0.1, 0.15) is 31.7 Å². The normalized spacial score (nSPS) is 19.4. The molecular weight excluding hydrogens is 578 g/mol. The summed E-state index contributed by atoms with van der Waals surface area (Å²) in [6, 6.07) is 12.8. The summed E-state index contributed by atoms with van der Waals surface area (Å²) in [5.74, 6) is -0.331. The largest absolute Gasteiger partial charge is 0.482 e. The lowest BCUT2D eigenvalue weighted by atomic mass is 9.87. The first kappa shape index (κ1) is 28.1. The van der Waals surface area contributed by atoms with Gasteiger partial charge in [-0.1, -0.05) is 31.2 Å². The molecule has 0 bridgehead atoms. The Hall–Kier alpha value is -2.50. The van der Waals surface area contributed by atoms with Crippen LogP contribution in [0.15, 0.2) is 60.2 Å². The molecule has 0 aromatic heterocycles. The molecule has 3 rings (SSSR count). The second-order valence-electron chi connectivity index (χ2n) is 8.66. The molecule has 0 heterocycles. The lowest BCUT2D eigenvalue weighted by Crippen LogP contribution is -2.55. The number of hydrogen-bond donors (Lipinski definition) is 3. The van der Waals surface area contributed by atoms with Crippen molar-refractivity contribution in [2.24, 2.45) is 0 Å². The van der Waals surface area contributed by atoms with Crippen molar-refractivity contribution in [3.8, 4) is 5.75 Å². The molecule has 3 unspecified atom stereocenters. The molecule has 2 aromatic carbocycles. The molecule has 0 fully saturated rings. The lowest BCUT2D eigenvalue weighted by molar-refractivity contribution is -0.138. The number of amides is 2. The van der Waals surface area contributed by atoms with Gasteiger partial charge in [0.25, 0.3) is 0 Å². The molecule has 1 aliphatic rings. The Balaban J connectivity index is 1.91. The molecule has 0 aliphatic heterocycles.